The van der Waals surface area contributed by atoms with E-state index in [0.717, 1.165) is 10.5 Å². The van der Waals surface area contributed by atoms with Crippen LogP contribution in [0.2, 0.25) is 0 Å². The van der Waals surface area contributed by atoms with Crippen LogP contribution in [0.4, 0.5) is 5.82 Å². The maximum absolute atomic E-state index is 12.1. The molecule has 0 saturated carbocycles. The van der Waals surface area contributed by atoms with Gasteiger partial charge in [-0.15, -0.1) is 11.8 Å². The Morgan fingerprint density at radius 1 is 1.24 bits per heavy atom. The molecule has 0 fully saturated rings. The van der Waals surface area contributed by atoms with Crippen molar-refractivity contribution < 1.29 is 8.42 Å². The average Bonchev–Trinajstić information content (AvgIpc) is 2.47. The number of nitrogen functional groups attached to an aromatic ring is 1. The van der Waals surface area contributed by atoms with Crippen LogP contribution < -0.4 is 5.73 Å². The van der Waals surface area contributed by atoms with E-state index in [4.69, 9.17) is 5.73 Å². The van der Waals surface area contributed by atoms with E-state index in [-0.39, 0.29) is 0 Å². The van der Waals surface area contributed by atoms with Gasteiger partial charge in [0.2, 0.25) is 10.0 Å². The molecule has 0 aliphatic carbocycles. The van der Waals surface area contributed by atoms with Gasteiger partial charge in [-0.25, -0.2) is 17.7 Å². The lowest BCUT2D eigenvalue weighted by atomic mass is 10.2. The fourth-order valence-electron chi connectivity index (χ4n) is 1.65. The summed E-state index contributed by atoms with van der Waals surface area (Å²) in [5, 5.41) is 0. The maximum Gasteiger partial charge on any atom is 0.242 e. The molecule has 0 aliphatic heterocycles. The lowest BCUT2D eigenvalue weighted by Crippen LogP contribution is -2.22. The van der Waals surface area contributed by atoms with Crippen molar-refractivity contribution in [1.82, 2.24) is 9.29 Å². The molecule has 21 heavy (non-hydrogen) atoms. The van der Waals surface area contributed by atoms with Crippen molar-refractivity contribution in [2.75, 3.05) is 19.8 Å². The second kappa shape index (κ2) is 6.46. The summed E-state index contributed by atoms with van der Waals surface area (Å²) in [5.74, 6) is 1.15. The molecule has 2 aromatic rings. The summed E-state index contributed by atoms with van der Waals surface area (Å²) in [4.78, 5) is 5.32. The Kier molecular flexibility index (Phi) is 4.87. The fourth-order valence-corrected chi connectivity index (χ4v) is 3.43. The molecule has 1 heterocycles. The van der Waals surface area contributed by atoms with Gasteiger partial charge in [0.1, 0.15) is 5.82 Å². The van der Waals surface area contributed by atoms with Gasteiger partial charge in [-0.2, -0.15) is 0 Å². The second-order valence-electron chi connectivity index (χ2n) is 4.64. The van der Waals surface area contributed by atoms with Crippen LogP contribution in [-0.2, 0) is 15.8 Å². The third kappa shape index (κ3) is 3.96. The molecule has 1 aromatic heterocycles. The summed E-state index contributed by atoms with van der Waals surface area (Å²) in [6.45, 7) is 0. The van der Waals surface area contributed by atoms with Crippen LogP contribution in [0.3, 0.4) is 0 Å². The van der Waals surface area contributed by atoms with Crippen LogP contribution in [-0.4, -0.2) is 31.8 Å². The van der Waals surface area contributed by atoms with Crippen molar-refractivity contribution in [2.45, 2.75) is 15.5 Å². The molecule has 5 nitrogen and oxygen atoms in total. The molecule has 112 valence electrons. The first-order valence-corrected chi connectivity index (χ1v) is 8.68. The smallest absolute Gasteiger partial charge is 0.242 e. The summed E-state index contributed by atoms with van der Waals surface area (Å²) >= 11 is 1.58. The molecule has 7 heteroatoms. The Bertz CT molecular complexity index is 713. The number of hydrogen-bond acceptors (Lipinski definition) is 5. The van der Waals surface area contributed by atoms with Crippen molar-refractivity contribution in [1.29, 1.82) is 0 Å². The number of anilines is 1. The van der Waals surface area contributed by atoms with Crippen molar-refractivity contribution in [3.05, 3.63) is 48.2 Å². The van der Waals surface area contributed by atoms with Gasteiger partial charge in [-0.05, 0) is 29.8 Å². The number of nitrogens with two attached hydrogens (primary N) is 1. The van der Waals surface area contributed by atoms with E-state index in [0.29, 0.717) is 16.5 Å². The minimum atomic E-state index is -3.39. The summed E-state index contributed by atoms with van der Waals surface area (Å²) in [6, 6.07) is 10.6. The van der Waals surface area contributed by atoms with Crippen LogP contribution in [0.5, 0.6) is 0 Å². The molecular formula is C14H17N3O2S2. The molecule has 0 atom stereocenters. The monoisotopic (exact) mass is 323 g/mol. The third-order valence-electron chi connectivity index (χ3n) is 2.84. The first-order valence-electron chi connectivity index (χ1n) is 6.25. The highest BCUT2D eigenvalue weighted by Gasteiger charge is 2.17. The predicted octanol–water partition coefficient (Wildman–Crippen LogP) is 2.21. The molecule has 0 aliphatic rings. The number of rotatable bonds is 5. The van der Waals surface area contributed by atoms with Crippen LogP contribution in [0, 0.1) is 0 Å². The predicted molar refractivity (Wildman–Crippen MR) is 85.5 cm³/mol. The Morgan fingerprint density at radius 3 is 2.62 bits per heavy atom. The van der Waals surface area contributed by atoms with E-state index >= 15 is 0 Å². The lowest BCUT2D eigenvalue weighted by molar-refractivity contribution is 0.520. The minimum Gasteiger partial charge on any atom is -0.384 e. The molecule has 0 saturated heterocycles. The molecule has 1 aromatic carbocycles. The average molecular weight is 323 g/mol. The zero-order valence-corrected chi connectivity index (χ0v) is 13.5. The van der Waals surface area contributed by atoms with E-state index in [1.54, 1.807) is 42.2 Å². The Hall–Kier alpha value is -1.57. The standard InChI is InChI=1S/C14H17N3O2S2/c1-17(2)21(18,19)13-5-3-4-11(8-13)10-20-12-6-7-14(15)16-9-12/h3-9H,10H2,1-2H3,(H2,15,16). The number of sulfonamides is 1. The first-order chi connectivity index (χ1) is 9.89. The third-order valence-corrected chi connectivity index (χ3v) is 5.71. The Morgan fingerprint density at radius 2 is 2.00 bits per heavy atom. The molecule has 2 N–H and O–H groups in total. The number of benzene rings is 1. The SMILES string of the molecule is CN(C)S(=O)(=O)c1cccc(CSc2ccc(N)nc2)c1. The van der Waals surface area contributed by atoms with Gasteiger partial charge in [-0.3, -0.25) is 0 Å². The van der Waals surface area contributed by atoms with Crippen LogP contribution in [0.25, 0.3) is 0 Å². The molecule has 0 spiro atoms. The zero-order valence-electron chi connectivity index (χ0n) is 11.9. The van der Waals surface area contributed by atoms with Crippen molar-refractivity contribution >= 4 is 27.6 Å². The van der Waals surface area contributed by atoms with Gasteiger partial charge in [0.05, 0.1) is 4.90 Å². The van der Waals surface area contributed by atoms with E-state index in [1.807, 2.05) is 12.1 Å². The van der Waals surface area contributed by atoms with Gasteiger partial charge in [-0.1, -0.05) is 12.1 Å². The second-order valence-corrected chi connectivity index (χ2v) is 7.84. The van der Waals surface area contributed by atoms with Crippen LogP contribution >= 0.6 is 11.8 Å². The normalized spacial score (nSPS) is 11.8. The number of pyridine rings is 1. The van der Waals surface area contributed by atoms with E-state index in [1.165, 1.54) is 18.4 Å². The molecule has 0 amide bonds. The first kappa shape index (κ1) is 15.8. The van der Waals surface area contributed by atoms with Crippen LogP contribution in [0.1, 0.15) is 5.56 Å². The van der Waals surface area contributed by atoms with Crippen molar-refractivity contribution in [3.63, 3.8) is 0 Å². The van der Waals surface area contributed by atoms with Gasteiger partial charge in [0.25, 0.3) is 0 Å². The number of hydrogen-bond donors (Lipinski definition) is 1. The van der Waals surface area contributed by atoms with E-state index in [2.05, 4.69) is 4.98 Å². The summed E-state index contributed by atoms with van der Waals surface area (Å²) in [7, 11) is -0.344. The molecular weight excluding hydrogens is 306 g/mol. The molecule has 0 bridgehead atoms. The maximum atomic E-state index is 12.1. The zero-order chi connectivity index (χ0) is 15.5. The highest BCUT2D eigenvalue weighted by Crippen LogP contribution is 2.24. The highest BCUT2D eigenvalue weighted by molar-refractivity contribution is 7.98. The summed E-state index contributed by atoms with van der Waals surface area (Å²) in [5.41, 5.74) is 6.48. The highest BCUT2D eigenvalue weighted by atomic mass is 32.2. The Balaban J connectivity index is 2.13. The number of nitrogens with zero attached hydrogens (tertiary/aromatic N) is 2. The lowest BCUT2D eigenvalue weighted by Gasteiger charge is -2.12. The molecule has 2 rings (SSSR count). The topological polar surface area (TPSA) is 76.3 Å². The Labute approximate surface area is 129 Å². The molecule has 0 unspecified atom stereocenters. The van der Waals surface area contributed by atoms with Gasteiger partial charge >= 0.3 is 0 Å². The summed E-state index contributed by atoms with van der Waals surface area (Å²) in [6.07, 6.45) is 1.71. The number of aromatic nitrogens is 1. The number of thioether (sulfide) groups is 1. The quantitative estimate of drug-likeness (QED) is 0.854. The van der Waals surface area contributed by atoms with Crippen molar-refractivity contribution in [3.8, 4) is 0 Å². The largest absolute Gasteiger partial charge is 0.384 e. The fraction of sp³-hybridized carbons (Fsp3) is 0.214. The minimum absolute atomic E-state index is 0.307. The molecule has 0 radical (unpaired) electrons. The van der Waals surface area contributed by atoms with E-state index < -0.39 is 10.0 Å². The van der Waals surface area contributed by atoms with Gasteiger partial charge in [0.15, 0.2) is 0 Å². The van der Waals surface area contributed by atoms with Gasteiger partial charge in [0, 0.05) is 30.9 Å². The van der Waals surface area contributed by atoms with Gasteiger partial charge < -0.3 is 5.73 Å². The van der Waals surface area contributed by atoms with Crippen LogP contribution in [0.15, 0.2) is 52.4 Å². The summed E-state index contributed by atoms with van der Waals surface area (Å²) < 4.78 is 25.4. The van der Waals surface area contributed by atoms with E-state index in [9.17, 15) is 8.42 Å². The van der Waals surface area contributed by atoms with Crippen molar-refractivity contribution in [2.24, 2.45) is 0 Å².